The minimum Gasteiger partial charge on any atom is -0.358 e. The fourth-order valence-corrected chi connectivity index (χ4v) is 1.11. The summed E-state index contributed by atoms with van der Waals surface area (Å²) in [4.78, 5) is 10.5. The van der Waals surface area contributed by atoms with Crippen molar-refractivity contribution in [1.82, 2.24) is 5.32 Å². The van der Waals surface area contributed by atoms with Crippen LogP contribution in [0.2, 0.25) is 0 Å². The molecule has 1 N–H and O–H groups in total. The fraction of sp³-hybridized carbons (Fsp3) is 0.857. The largest absolute Gasteiger partial charge is 0.358 e. The lowest BCUT2D eigenvalue weighted by molar-refractivity contribution is -0.122. The van der Waals surface area contributed by atoms with E-state index >= 15 is 0 Å². The second kappa shape index (κ2) is 3.01. The molecular formula is C7H13NO2. The molecule has 2 atom stereocenters. The molecule has 10 heavy (non-hydrogen) atoms. The molecule has 1 heterocycles. The molecule has 0 bridgehead atoms. The van der Waals surface area contributed by atoms with Gasteiger partial charge in [-0.1, -0.05) is 6.92 Å². The summed E-state index contributed by atoms with van der Waals surface area (Å²) in [5.74, 6) is 0.566. The van der Waals surface area contributed by atoms with Crippen LogP contribution in [0.1, 0.15) is 20.3 Å². The van der Waals surface area contributed by atoms with Crippen LogP contribution in [-0.2, 0) is 9.53 Å². The molecule has 1 aliphatic rings. The van der Waals surface area contributed by atoms with Gasteiger partial charge in [-0.25, -0.2) is 0 Å². The van der Waals surface area contributed by atoms with Crippen molar-refractivity contribution in [3.05, 3.63) is 0 Å². The van der Waals surface area contributed by atoms with Gasteiger partial charge in [-0.3, -0.25) is 4.79 Å². The monoisotopic (exact) mass is 143 g/mol. The van der Waals surface area contributed by atoms with Gasteiger partial charge in [-0.2, -0.15) is 0 Å². The molecule has 0 aliphatic carbocycles. The molecule has 0 aromatic rings. The lowest BCUT2D eigenvalue weighted by Crippen LogP contribution is -2.32. The summed E-state index contributed by atoms with van der Waals surface area (Å²) >= 11 is 0. The maximum absolute atomic E-state index is 10.5. The molecule has 3 heteroatoms. The van der Waals surface area contributed by atoms with Gasteiger partial charge in [-0.05, 0) is 12.3 Å². The van der Waals surface area contributed by atoms with E-state index in [1.165, 1.54) is 6.92 Å². The lowest BCUT2D eigenvalue weighted by Gasteiger charge is -2.08. The highest BCUT2D eigenvalue weighted by Gasteiger charge is 2.21. The number of rotatable bonds is 1. The van der Waals surface area contributed by atoms with Gasteiger partial charge in [0.05, 0.1) is 6.61 Å². The van der Waals surface area contributed by atoms with Gasteiger partial charge in [0.1, 0.15) is 6.23 Å². The Hall–Kier alpha value is -0.570. The highest BCUT2D eigenvalue weighted by molar-refractivity contribution is 5.73. The van der Waals surface area contributed by atoms with Gasteiger partial charge in [0, 0.05) is 6.92 Å². The van der Waals surface area contributed by atoms with Crippen LogP contribution in [0, 0.1) is 5.92 Å². The molecular weight excluding hydrogens is 130 g/mol. The van der Waals surface area contributed by atoms with Crippen molar-refractivity contribution in [3.63, 3.8) is 0 Å². The summed E-state index contributed by atoms with van der Waals surface area (Å²) < 4.78 is 5.24. The zero-order valence-electron chi connectivity index (χ0n) is 6.39. The van der Waals surface area contributed by atoms with E-state index < -0.39 is 0 Å². The molecule has 0 aromatic heterocycles. The summed E-state index contributed by atoms with van der Waals surface area (Å²) in [7, 11) is 0. The number of nitrogens with one attached hydrogen (secondary N) is 1. The first kappa shape index (κ1) is 7.54. The van der Waals surface area contributed by atoms with E-state index in [9.17, 15) is 4.79 Å². The van der Waals surface area contributed by atoms with Crippen molar-refractivity contribution in [2.45, 2.75) is 26.5 Å². The normalized spacial score (nSPS) is 32.2. The number of amides is 1. The third-order valence-corrected chi connectivity index (χ3v) is 1.56. The standard InChI is InChI=1S/C7H13NO2/c1-5-3-7(10-4-5)8-6(2)9/h5,7H,3-4H2,1-2H3,(H,8,9). The van der Waals surface area contributed by atoms with E-state index in [1.807, 2.05) is 0 Å². The van der Waals surface area contributed by atoms with Crippen molar-refractivity contribution in [2.24, 2.45) is 5.92 Å². The molecule has 3 nitrogen and oxygen atoms in total. The van der Waals surface area contributed by atoms with Crippen LogP contribution in [0.25, 0.3) is 0 Å². The third-order valence-electron chi connectivity index (χ3n) is 1.56. The number of carbonyl (C=O) groups is 1. The van der Waals surface area contributed by atoms with E-state index in [0.29, 0.717) is 5.92 Å². The summed E-state index contributed by atoms with van der Waals surface area (Å²) in [6.45, 7) is 4.39. The molecule has 1 fully saturated rings. The predicted octanol–water partition coefficient (Wildman–Crippen LogP) is 0.505. The molecule has 0 aromatic carbocycles. The Bertz CT molecular complexity index is 136. The Morgan fingerprint density at radius 1 is 1.70 bits per heavy atom. The van der Waals surface area contributed by atoms with Crippen LogP contribution in [-0.4, -0.2) is 18.7 Å². The van der Waals surface area contributed by atoms with Gasteiger partial charge in [0.2, 0.25) is 5.91 Å². The Kier molecular flexibility index (Phi) is 2.27. The molecule has 0 spiro atoms. The average molecular weight is 143 g/mol. The van der Waals surface area contributed by atoms with Gasteiger partial charge < -0.3 is 10.1 Å². The topological polar surface area (TPSA) is 38.3 Å². The quantitative estimate of drug-likeness (QED) is 0.580. The minimum atomic E-state index is -0.0347. The van der Waals surface area contributed by atoms with Crippen molar-refractivity contribution < 1.29 is 9.53 Å². The Morgan fingerprint density at radius 3 is 2.80 bits per heavy atom. The lowest BCUT2D eigenvalue weighted by atomic mass is 10.1. The van der Waals surface area contributed by atoms with Crippen LogP contribution in [0.3, 0.4) is 0 Å². The van der Waals surface area contributed by atoms with Crippen LogP contribution in [0.4, 0.5) is 0 Å². The summed E-state index contributed by atoms with van der Waals surface area (Å²) in [6, 6.07) is 0. The van der Waals surface area contributed by atoms with Crippen LogP contribution in [0.15, 0.2) is 0 Å². The minimum absolute atomic E-state index is 0.0147. The van der Waals surface area contributed by atoms with Gasteiger partial charge in [0.25, 0.3) is 0 Å². The number of hydrogen-bond acceptors (Lipinski definition) is 2. The van der Waals surface area contributed by atoms with E-state index in [-0.39, 0.29) is 12.1 Å². The second-order valence-electron chi connectivity index (χ2n) is 2.86. The zero-order valence-corrected chi connectivity index (χ0v) is 6.39. The summed E-state index contributed by atoms with van der Waals surface area (Å²) in [5, 5.41) is 2.71. The van der Waals surface area contributed by atoms with E-state index in [2.05, 4.69) is 12.2 Å². The van der Waals surface area contributed by atoms with E-state index in [0.717, 1.165) is 13.0 Å². The fourth-order valence-electron chi connectivity index (χ4n) is 1.11. The van der Waals surface area contributed by atoms with Gasteiger partial charge >= 0.3 is 0 Å². The maximum Gasteiger partial charge on any atom is 0.218 e. The predicted molar refractivity (Wildman–Crippen MR) is 37.3 cm³/mol. The molecule has 1 amide bonds. The first-order chi connectivity index (χ1) is 4.68. The van der Waals surface area contributed by atoms with Crippen LogP contribution >= 0.6 is 0 Å². The Balaban J connectivity index is 2.24. The molecule has 0 radical (unpaired) electrons. The van der Waals surface area contributed by atoms with Gasteiger partial charge in [-0.15, -0.1) is 0 Å². The zero-order chi connectivity index (χ0) is 7.56. The first-order valence-electron chi connectivity index (χ1n) is 3.57. The smallest absolute Gasteiger partial charge is 0.218 e. The molecule has 2 unspecified atom stereocenters. The highest BCUT2D eigenvalue weighted by Crippen LogP contribution is 2.15. The second-order valence-corrected chi connectivity index (χ2v) is 2.86. The molecule has 1 rings (SSSR count). The first-order valence-corrected chi connectivity index (χ1v) is 3.57. The van der Waals surface area contributed by atoms with Crippen molar-refractivity contribution in [3.8, 4) is 0 Å². The summed E-state index contributed by atoms with van der Waals surface area (Å²) in [5.41, 5.74) is 0. The Morgan fingerprint density at radius 2 is 2.40 bits per heavy atom. The van der Waals surface area contributed by atoms with Crippen LogP contribution in [0.5, 0.6) is 0 Å². The molecule has 1 saturated heterocycles. The number of ether oxygens (including phenoxy) is 1. The Labute approximate surface area is 60.7 Å². The van der Waals surface area contributed by atoms with Gasteiger partial charge in [0.15, 0.2) is 0 Å². The number of hydrogen-bond donors (Lipinski definition) is 1. The van der Waals surface area contributed by atoms with Crippen molar-refractivity contribution in [1.29, 1.82) is 0 Å². The molecule has 0 saturated carbocycles. The number of carbonyl (C=O) groups excluding carboxylic acids is 1. The maximum atomic E-state index is 10.5. The SMILES string of the molecule is CC(=O)NC1CC(C)CO1. The van der Waals surface area contributed by atoms with E-state index in [4.69, 9.17) is 4.74 Å². The summed E-state index contributed by atoms with van der Waals surface area (Å²) in [6.07, 6.45) is 0.909. The van der Waals surface area contributed by atoms with Crippen LogP contribution < -0.4 is 5.32 Å². The van der Waals surface area contributed by atoms with Crippen molar-refractivity contribution >= 4 is 5.91 Å². The molecule has 58 valence electrons. The highest BCUT2D eigenvalue weighted by atomic mass is 16.5. The average Bonchev–Trinajstić information content (AvgIpc) is 2.13. The molecule has 1 aliphatic heterocycles. The van der Waals surface area contributed by atoms with Crippen molar-refractivity contribution in [2.75, 3.05) is 6.61 Å². The van der Waals surface area contributed by atoms with E-state index in [1.54, 1.807) is 0 Å². The third kappa shape index (κ3) is 1.99.